The van der Waals surface area contributed by atoms with Crippen molar-refractivity contribution >= 4 is 5.96 Å². The third-order valence-electron chi connectivity index (χ3n) is 4.72. The van der Waals surface area contributed by atoms with Crippen molar-refractivity contribution < 1.29 is 27.4 Å². The van der Waals surface area contributed by atoms with E-state index in [1.165, 1.54) is 12.1 Å². The van der Waals surface area contributed by atoms with Gasteiger partial charge in [-0.2, -0.15) is 0 Å². The van der Waals surface area contributed by atoms with Crippen LogP contribution in [-0.4, -0.2) is 38.7 Å². The molecule has 168 valence electrons. The normalized spacial score (nSPS) is 16.8. The van der Waals surface area contributed by atoms with Gasteiger partial charge < -0.3 is 24.8 Å². The summed E-state index contributed by atoms with van der Waals surface area (Å²) in [5.41, 5.74) is 2.39. The number of nitrogens with zero attached hydrogens (tertiary/aromatic N) is 1. The number of hydrogen-bond acceptors (Lipinski definition) is 4. The quantitative estimate of drug-likeness (QED) is 0.508. The van der Waals surface area contributed by atoms with Crippen molar-refractivity contribution in [1.29, 1.82) is 0 Å². The first-order chi connectivity index (χ1) is 14.8. The van der Waals surface area contributed by atoms with E-state index in [0.717, 1.165) is 23.3 Å². The number of guanidine groups is 1. The van der Waals surface area contributed by atoms with Crippen LogP contribution in [0.3, 0.4) is 0 Å². The molecular weight excluding hydrogens is 411 g/mol. The van der Waals surface area contributed by atoms with Gasteiger partial charge in [-0.1, -0.05) is 30.3 Å². The molecule has 0 aliphatic carbocycles. The first kappa shape index (κ1) is 22.7. The summed E-state index contributed by atoms with van der Waals surface area (Å²) in [5.74, 6) is 0.978. The zero-order valence-electron chi connectivity index (χ0n) is 17.5. The van der Waals surface area contributed by atoms with Crippen LogP contribution in [0.2, 0.25) is 0 Å². The zero-order valence-corrected chi connectivity index (χ0v) is 17.5. The molecule has 0 aromatic heterocycles. The Morgan fingerprint density at radius 3 is 2.45 bits per heavy atom. The summed E-state index contributed by atoms with van der Waals surface area (Å²) in [5, 5.41) is 6.19. The lowest BCUT2D eigenvalue weighted by Gasteiger charge is -2.18. The molecule has 0 radical (unpaired) electrons. The largest absolute Gasteiger partial charge is 0.573 e. The van der Waals surface area contributed by atoms with E-state index in [0.29, 0.717) is 31.3 Å². The molecule has 1 saturated heterocycles. The molecule has 6 nitrogen and oxygen atoms in total. The molecule has 1 aliphatic heterocycles. The summed E-state index contributed by atoms with van der Waals surface area (Å²) >= 11 is 0. The van der Waals surface area contributed by atoms with Gasteiger partial charge in [-0.25, -0.2) is 0 Å². The number of hydrogen-bond donors (Lipinski definition) is 2. The minimum atomic E-state index is -4.75. The summed E-state index contributed by atoms with van der Waals surface area (Å²) in [6, 6.07) is 11.9. The Labute approximate surface area is 179 Å². The third kappa shape index (κ3) is 7.06. The van der Waals surface area contributed by atoms with Crippen LogP contribution < -0.4 is 20.1 Å². The van der Waals surface area contributed by atoms with Crippen LogP contribution in [0.1, 0.15) is 23.1 Å². The topological polar surface area (TPSA) is 64.1 Å². The summed E-state index contributed by atoms with van der Waals surface area (Å²) in [7, 11) is 1.59. The van der Waals surface area contributed by atoms with Gasteiger partial charge in [0.15, 0.2) is 5.96 Å². The fraction of sp³-hybridized carbons (Fsp3) is 0.409. The number of nitrogens with one attached hydrogen (secondary N) is 2. The second-order valence-electron chi connectivity index (χ2n) is 7.15. The minimum absolute atomic E-state index is 0.0307. The molecule has 31 heavy (non-hydrogen) atoms. The van der Waals surface area contributed by atoms with Gasteiger partial charge >= 0.3 is 6.36 Å². The highest BCUT2D eigenvalue weighted by atomic mass is 19.4. The van der Waals surface area contributed by atoms with Crippen molar-refractivity contribution in [2.75, 3.05) is 20.3 Å². The Bertz CT molecular complexity index is 897. The molecule has 1 heterocycles. The summed E-state index contributed by atoms with van der Waals surface area (Å²) in [4.78, 5) is 4.14. The van der Waals surface area contributed by atoms with Crippen molar-refractivity contribution in [1.82, 2.24) is 10.6 Å². The molecule has 0 bridgehead atoms. The number of aliphatic imine (C=N–C) groups is 1. The monoisotopic (exact) mass is 437 g/mol. The number of halogens is 3. The Morgan fingerprint density at radius 2 is 1.81 bits per heavy atom. The Kier molecular flexibility index (Phi) is 7.62. The maximum absolute atomic E-state index is 12.6. The van der Waals surface area contributed by atoms with Crippen molar-refractivity contribution in [3.63, 3.8) is 0 Å². The molecule has 2 N–H and O–H groups in total. The first-order valence-corrected chi connectivity index (χ1v) is 9.96. The highest BCUT2D eigenvalue weighted by molar-refractivity contribution is 5.79. The number of benzene rings is 2. The maximum atomic E-state index is 12.6. The summed E-state index contributed by atoms with van der Waals surface area (Å²) in [6.45, 7) is 3.81. The van der Waals surface area contributed by atoms with E-state index < -0.39 is 6.36 Å². The summed E-state index contributed by atoms with van der Waals surface area (Å²) < 4.78 is 53.4. The first-order valence-electron chi connectivity index (χ1n) is 9.96. The number of ether oxygens (including phenoxy) is 3. The van der Waals surface area contributed by atoms with Gasteiger partial charge in [0.1, 0.15) is 17.6 Å². The van der Waals surface area contributed by atoms with Crippen LogP contribution >= 0.6 is 0 Å². The average molecular weight is 437 g/mol. The standard InChI is InChI=1S/C22H26F3N3O3/c1-15-7-8-17(20(11-15)30-18-9-10-29-14-18)13-28-21(26-2)27-12-16-5-3-4-6-19(16)31-22(23,24)25/h3-8,11,18H,9-10,12-14H2,1-2H3,(H2,26,27,28). The van der Waals surface area contributed by atoms with Crippen molar-refractivity contribution in [2.24, 2.45) is 4.99 Å². The SMILES string of the molecule is CN=C(NCc1ccc(C)cc1OC1CCOC1)NCc1ccccc1OC(F)(F)F. The highest BCUT2D eigenvalue weighted by Gasteiger charge is 2.32. The molecule has 1 aliphatic rings. The molecule has 1 fully saturated rings. The van der Waals surface area contributed by atoms with Crippen LogP contribution in [0.5, 0.6) is 11.5 Å². The molecule has 3 rings (SSSR count). The number of aryl methyl sites for hydroxylation is 1. The van der Waals surface area contributed by atoms with E-state index in [1.807, 2.05) is 25.1 Å². The van der Waals surface area contributed by atoms with Crippen LogP contribution in [-0.2, 0) is 17.8 Å². The molecule has 2 aromatic carbocycles. The predicted octanol–water partition coefficient (Wildman–Crippen LogP) is 3.93. The molecule has 0 spiro atoms. The molecule has 0 amide bonds. The molecule has 1 unspecified atom stereocenters. The second kappa shape index (κ2) is 10.4. The van der Waals surface area contributed by atoms with Gasteiger partial charge in [-0.3, -0.25) is 4.99 Å². The van der Waals surface area contributed by atoms with E-state index in [-0.39, 0.29) is 18.4 Å². The Morgan fingerprint density at radius 1 is 1.10 bits per heavy atom. The molecule has 1 atom stereocenters. The van der Waals surface area contributed by atoms with Crippen LogP contribution in [0, 0.1) is 6.92 Å². The smallest absolute Gasteiger partial charge is 0.488 e. The Hall–Kier alpha value is -2.94. The van der Waals surface area contributed by atoms with Crippen LogP contribution in [0.4, 0.5) is 13.2 Å². The zero-order chi connectivity index (χ0) is 22.3. The lowest BCUT2D eigenvalue weighted by atomic mass is 10.1. The van der Waals surface area contributed by atoms with Gasteiger partial charge in [0.05, 0.1) is 13.2 Å². The molecule has 2 aromatic rings. The van der Waals surface area contributed by atoms with Crippen LogP contribution in [0.15, 0.2) is 47.5 Å². The second-order valence-corrected chi connectivity index (χ2v) is 7.15. The van der Waals surface area contributed by atoms with Crippen molar-refractivity contribution in [3.8, 4) is 11.5 Å². The van der Waals surface area contributed by atoms with E-state index in [4.69, 9.17) is 9.47 Å². The predicted molar refractivity (Wildman–Crippen MR) is 111 cm³/mol. The van der Waals surface area contributed by atoms with Crippen molar-refractivity contribution in [3.05, 3.63) is 59.2 Å². The average Bonchev–Trinajstić information content (AvgIpc) is 3.22. The minimum Gasteiger partial charge on any atom is -0.488 e. The summed E-state index contributed by atoms with van der Waals surface area (Å²) in [6.07, 6.45) is -3.87. The van der Waals surface area contributed by atoms with E-state index in [2.05, 4.69) is 20.4 Å². The maximum Gasteiger partial charge on any atom is 0.573 e. The van der Waals surface area contributed by atoms with E-state index in [1.54, 1.807) is 19.2 Å². The third-order valence-corrected chi connectivity index (χ3v) is 4.72. The van der Waals surface area contributed by atoms with Gasteiger partial charge in [0.2, 0.25) is 0 Å². The fourth-order valence-corrected chi connectivity index (χ4v) is 3.16. The lowest BCUT2D eigenvalue weighted by Crippen LogP contribution is -2.36. The number of alkyl halides is 3. The van der Waals surface area contributed by atoms with Gasteiger partial charge in [-0.05, 0) is 24.6 Å². The number of para-hydroxylation sites is 1. The van der Waals surface area contributed by atoms with Gasteiger partial charge in [0, 0.05) is 37.7 Å². The molecule has 9 heteroatoms. The van der Waals surface area contributed by atoms with Gasteiger partial charge in [0.25, 0.3) is 0 Å². The van der Waals surface area contributed by atoms with Crippen LogP contribution in [0.25, 0.3) is 0 Å². The number of rotatable bonds is 7. The molecule has 0 saturated carbocycles. The van der Waals surface area contributed by atoms with Gasteiger partial charge in [-0.15, -0.1) is 13.2 Å². The lowest BCUT2D eigenvalue weighted by molar-refractivity contribution is -0.274. The van der Waals surface area contributed by atoms with E-state index >= 15 is 0 Å². The fourth-order valence-electron chi connectivity index (χ4n) is 3.16. The van der Waals surface area contributed by atoms with Crippen molar-refractivity contribution in [2.45, 2.75) is 38.9 Å². The van der Waals surface area contributed by atoms with E-state index in [9.17, 15) is 13.2 Å². The highest BCUT2D eigenvalue weighted by Crippen LogP contribution is 2.26. The Balaban J connectivity index is 1.61. The molecular formula is C22H26F3N3O3.